The summed E-state index contributed by atoms with van der Waals surface area (Å²) in [7, 11) is 0. The van der Waals surface area contributed by atoms with Gasteiger partial charge in [0.15, 0.2) is 0 Å². The Morgan fingerprint density at radius 1 is 1.57 bits per heavy atom. The minimum absolute atomic E-state index is 0.0538. The first-order valence-electron chi connectivity index (χ1n) is 4.69. The van der Waals surface area contributed by atoms with Crippen LogP contribution in [0.4, 0.5) is 0 Å². The topological polar surface area (TPSA) is 75.6 Å². The lowest BCUT2D eigenvalue weighted by Crippen LogP contribution is -2.44. The first-order chi connectivity index (χ1) is 6.54. The number of amides is 1. The molecule has 80 valence electrons. The van der Waals surface area contributed by atoms with E-state index in [1.54, 1.807) is 6.92 Å². The third-order valence-corrected chi connectivity index (χ3v) is 2.32. The molecule has 0 aromatic rings. The highest BCUT2D eigenvalue weighted by Gasteiger charge is 2.37. The molecule has 14 heavy (non-hydrogen) atoms. The molecule has 0 aromatic carbocycles. The molecule has 1 unspecified atom stereocenters. The lowest BCUT2D eigenvalue weighted by Gasteiger charge is -2.21. The molecular formula is C9H15NO4. The van der Waals surface area contributed by atoms with E-state index in [0.29, 0.717) is 13.0 Å². The van der Waals surface area contributed by atoms with Gasteiger partial charge in [-0.1, -0.05) is 0 Å². The first-order valence-corrected chi connectivity index (χ1v) is 4.69. The molecule has 1 rings (SSSR count). The van der Waals surface area contributed by atoms with E-state index in [-0.39, 0.29) is 18.9 Å². The maximum atomic E-state index is 11.5. The Labute approximate surface area is 82.4 Å². The Morgan fingerprint density at radius 2 is 2.29 bits per heavy atom. The average molecular weight is 201 g/mol. The predicted molar refractivity (Wildman–Crippen MR) is 48.9 cm³/mol. The molecule has 0 aromatic heterocycles. The molecule has 0 spiro atoms. The molecule has 0 saturated carbocycles. The highest BCUT2D eigenvalue weighted by Crippen LogP contribution is 2.24. The van der Waals surface area contributed by atoms with E-state index in [9.17, 15) is 9.59 Å². The van der Waals surface area contributed by atoms with E-state index in [1.807, 2.05) is 0 Å². The fraction of sp³-hybridized carbons (Fsp3) is 0.778. The molecule has 0 bridgehead atoms. The van der Waals surface area contributed by atoms with Gasteiger partial charge in [0, 0.05) is 13.2 Å². The van der Waals surface area contributed by atoms with Crippen molar-refractivity contribution < 1.29 is 19.4 Å². The number of hydrogen-bond donors (Lipinski definition) is 2. The second kappa shape index (κ2) is 4.41. The maximum Gasteiger partial charge on any atom is 0.305 e. The van der Waals surface area contributed by atoms with E-state index in [1.165, 1.54) is 0 Å². The average Bonchev–Trinajstić information content (AvgIpc) is 2.52. The van der Waals surface area contributed by atoms with Crippen LogP contribution in [-0.2, 0) is 14.3 Å². The predicted octanol–water partition coefficient (Wildman–Crippen LogP) is 0.146. The summed E-state index contributed by atoms with van der Waals surface area (Å²) in [6.45, 7) is 2.49. The molecule has 1 atom stereocenters. The summed E-state index contributed by atoms with van der Waals surface area (Å²) in [5, 5.41) is 10.9. The summed E-state index contributed by atoms with van der Waals surface area (Å²) in [6.07, 6.45) is 1.52. The number of carboxylic acid groups (broad SMARTS) is 1. The van der Waals surface area contributed by atoms with Crippen LogP contribution in [0.2, 0.25) is 0 Å². The number of nitrogens with one attached hydrogen (secondary N) is 1. The van der Waals surface area contributed by atoms with Crippen LogP contribution in [0.3, 0.4) is 0 Å². The lowest BCUT2D eigenvalue weighted by molar-refractivity contribution is -0.140. The van der Waals surface area contributed by atoms with E-state index in [0.717, 1.165) is 6.42 Å². The molecule has 1 fully saturated rings. The highest BCUT2D eigenvalue weighted by molar-refractivity contribution is 5.85. The van der Waals surface area contributed by atoms with Crippen molar-refractivity contribution in [2.45, 2.75) is 31.8 Å². The maximum absolute atomic E-state index is 11.5. The van der Waals surface area contributed by atoms with Crippen molar-refractivity contribution in [3.8, 4) is 0 Å². The van der Waals surface area contributed by atoms with Crippen LogP contribution >= 0.6 is 0 Å². The number of hydrogen-bond acceptors (Lipinski definition) is 3. The van der Waals surface area contributed by atoms with Crippen LogP contribution in [0.1, 0.15) is 26.2 Å². The second-order valence-corrected chi connectivity index (χ2v) is 3.58. The summed E-state index contributed by atoms with van der Waals surface area (Å²) in [5.41, 5.74) is -0.751. The van der Waals surface area contributed by atoms with Crippen molar-refractivity contribution in [3.05, 3.63) is 0 Å². The van der Waals surface area contributed by atoms with Crippen LogP contribution < -0.4 is 5.32 Å². The molecule has 5 nitrogen and oxygen atoms in total. The van der Waals surface area contributed by atoms with Gasteiger partial charge in [0.05, 0.1) is 6.42 Å². The third-order valence-electron chi connectivity index (χ3n) is 2.32. The zero-order chi connectivity index (χ0) is 10.6. The van der Waals surface area contributed by atoms with Crippen molar-refractivity contribution in [2.24, 2.45) is 0 Å². The molecule has 1 amide bonds. The number of carboxylic acids is 1. The zero-order valence-corrected chi connectivity index (χ0v) is 8.21. The van der Waals surface area contributed by atoms with Gasteiger partial charge < -0.3 is 15.2 Å². The SMILES string of the molecule is CC1(C(=O)NCCC(=O)O)CCCO1. The van der Waals surface area contributed by atoms with Gasteiger partial charge in [-0.3, -0.25) is 9.59 Å². The quantitative estimate of drug-likeness (QED) is 0.678. The third kappa shape index (κ3) is 2.70. The number of carbonyl (C=O) groups excluding carboxylic acids is 1. The molecule has 1 saturated heterocycles. The minimum Gasteiger partial charge on any atom is -0.481 e. The normalized spacial score (nSPS) is 26.1. The standard InChI is InChI=1S/C9H15NO4/c1-9(4-2-6-14-9)8(13)10-5-3-7(11)12/h2-6H2,1H3,(H,10,13)(H,11,12). The molecule has 1 heterocycles. The van der Waals surface area contributed by atoms with Gasteiger partial charge in [0.1, 0.15) is 5.60 Å². The Morgan fingerprint density at radius 3 is 2.79 bits per heavy atom. The lowest BCUT2D eigenvalue weighted by atomic mass is 10.0. The first kappa shape index (κ1) is 11.0. The fourth-order valence-electron chi connectivity index (χ4n) is 1.43. The van der Waals surface area contributed by atoms with Gasteiger partial charge in [0.25, 0.3) is 5.91 Å². The summed E-state index contributed by atoms with van der Waals surface area (Å²) < 4.78 is 5.30. The largest absolute Gasteiger partial charge is 0.481 e. The van der Waals surface area contributed by atoms with Gasteiger partial charge in [-0.25, -0.2) is 0 Å². The van der Waals surface area contributed by atoms with Crippen molar-refractivity contribution in [1.82, 2.24) is 5.32 Å². The Bertz CT molecular complexity index is 233. The second-order valence-electron chi connectivity index (χ2n) is 3.58. The van der Waals surface area contributed by atoms with Crippen molar-refractivity contribution in [3.63, 3.8) is 0 Å². The van der Waals surface area contributed by atoms with E-state index in [2.05, 4.69) is 5.32 Å². The van der Waals surface area contributed by atoms with Gasteiger partial charge in [-0.05, 0) is 19.8 Å². The fourth-order valence-corrected chi connectivity index (χ4v) is 1.43. The minimum atomic E-state index is -0.914. The Balaban J connectivity index is 2.30. The zero-order valence-electron chi connectivity index (χ0n) is 8.21. The van der Waals surface area contributed by atoms with Gasteiger partial charge in [0.2, 0.25) is 0 Å². The molecular weight excluding hydrogens is 186 g/mol. The molecule has 5 heteroatoms. The Hall–Kier alpha value is -1.10. The van der Waals surface area contributed by atoms with Gasteiger partial charge >= 0.3 is 5.97 Å². The smallest absolute Gasteiger partial charge is 0.305 e. The molecule has 1 aliphatic rings. The number of rotatable bonds is 4. The monoisotopic (exact) mass is 201 g/mol. The van der Waals surface area contributed by atoms with Crippen LogP contribution in [0.25, 0.3) is 0 Å². The summed E-state index contributed by atoms with van der Waals surface area (Å²) in [4.78, 5) is 21.7. The highest BCUT2D eigenvalue weighted by atomic mass is 16.5. The van der Waals surface area contributed by atoms with E-state index < -0.39 is 11.6 Å². The molecule has 2 N–H and O–H groups in total. The number of aliphatic carboxylic acids is 1. The van der Waals surface area contributed by atoms with Crippen LogP contribution in [-0.4, -0.2) is 35.7 Å². The van der Waals surface area contributed by atoms with Crippen LogP contribution in [0.15, 0.2) is 0 Å². The summed E-state index contributed by atoms with van der Waals surface area (Å²) >= 11 is 0. The van der Waals surface area contributed by atoms with Crippen LogP contribution in [0, 0.1) is 0 Å². The molecule has 0 aliphatic carbocycles. The van der Waals surface area contributed by atoms with E-state index >= 15 is 0 Å². The number of ether oxygens (including phenoxy) is 1. The summed E-state index contributed by atoms with van der Waals surface area (Å²) in [6, 6.07) is 0. The molecule has 1 aliphatic heterocycles. The Kier molecular flexibility index (Phi) is 3.46. The van der Waals surface area contributed by atoms with Crippen LogP contribution in [0.5, 0.6) is 0 Å². The van der Waals surface area contributed by atoms with Gasteiger partial charge in [-0.2, -0.15) is 0 Å². The van der Waals surface area contributed by atoms with Crippen molar-refractivity contribution >= 4 is 11.9 Å². The van der Waals surface area contributed by atoms with Crippen molar-refractivity contribution in [1.29, 1.82) is 0 Å². The van der Waals surface area contributed by atoms with E-state index in [4.69, 9.17) is 9.84 Å². The van der Waals surface area contributed by atoms with Gasteiger partial charge in [-0.15, -0.1) is 0 Å². The summed E-state index contributed by atoms with van der Waals surface area (Å²) in [5.74, 6) is -1.13. The molecule has 0 radical (unpaired) electrons. The van der Waals surface area contributed by atoms with Crippen molar-refractivity contribution in [2.75, 3.05) is 13.2 Å². The number of carbonyl (C=O) groups is 2.